The normalized spacial score (nSPS) is 14.1. The number of ether oxygens (including phenoxy) is 1. The second kappa shape index (κ2) is 7.18. The maximum absolute atomic E-state index is 12.9. The summed E-state index contributed by atoms with van der Waals surface area (Å²) in [6.45, 7) is 0.0564. The number of hydrogen-bond acceptors (Lipinski definition) is 4. The highest BCUT2D eigenvalue weighted by Crippen LogP contribution is 2.28. The van der Waals surface area contributed by atoms with Crippen LogP contribution in [0.2, 0.25) is 0 Å². The molecule has 0 aromatic heterocycles. The van der Waals surface area contributed by atoms with Gasteiger partial charge >= 0.3 is 5.97 Å². The fraction of sp³-hybridized carbons (Fsp3) is 0.462. The van der Waals surface area contributed by atoms with Crippen LogP contribution in [0, 0.1) is 5.82 Å². The first-order chi connectivity index (χ1) is 9.06. The van der Waals surface area contributed by atoms with Gasteiger partial charge in [0.05, 0.1) is 13.2 Å². The third kappa shape index (κ3) is 3.73. The van der Waals surface area contributed by atoms with Crippen LogP contribution in [0.5, 0.6) is 0 Å². The maximum atomic E-state index is 12.9. The van der Waals surface area contributed by atoms with Gasteiger partial charge in [0.1, 0.15) is 11.2 Å². The van der Waals surface area contributed by atoms with Gasteiger partial charge in [0, 0.05) is 13.2 Å². The number of halogens is 1. The zero-order chi connectivity index (χ0) is 14.3. The van der Waals surface area contributed by atoms with E-state index in [1.54, 1.807) is 0 Å². The van der Waals surface area contributed by atoms with Gasteiger partial charge in [-0.25, -0.2) is 4.39 Å². The van der Waals surface area contributed by atoms with Gasteiger partial charge in [-0.15, -0.1) is 0 Å². The maximum Gasteiger partial charge on any atom is 0.315 e. The van der Waals surface area contributed by atoms with Crippen molar-refractivity contribution in [3.63, 3.8) is 0 Å². The predicted molar refractivity (Wildman–Crippen MR) is 67.3 cm³/mol. The summed E-state index contributed by atoms with van der Waals surface area (Å²) in [6.07, 6.45) is 0.157. The van der Waals surface area contributed by atoms with Gasteiger partial charge in [-0.1, -0.05) is 12.1 Å². The highest BCUT2D eigenvalue weighted by Gasteiger charge is 2.38. The average molecular weight is 271 g/mol. The summed E-state index contributed by atoms with van der Waals surface area (Å²) >= 11 is 0. The average Bonchev–Trinajstić information content (AvgIpc) is 2.40. The molecule has 1 unspecified atom stereocenters. The Bertz CT molecular complexity index is 410. The van der Waals surface area contributed by atoms with Crippen molar-refractivity contribution in [1.29, 1.82) is 0 Å². The summed E-state index contributed by atoms with van der Waals surface area (Å²) in [4.78, 5) is 11.5. The Morgan fingerprint density at radius 1 is 1.32 bits per heavy atom. The molecule has 19 heavy (non-hydrogen) atoms. The van der Waals surface area contributed by atoms with Gasteiger partial charge in [-0.05, 0) is 24.1 Å². The molecule has 5 nitrogen and oxygen atoms in total. The van der Waals surface area contributed by atoms with E-state index in [9.17, 15) is 14.3 Å². The van der Waals surface area contributed by atoms with Crippen molar-refractivity contribution in [3.05, 3.63) is 35.6 Å². The van der Waals surface area contributed by atoms with Crippen molar-refractivity contribution in [1.82, 2.24) is 0 Å². The lowest BCUT2D eigenvalue weighted by molar-refractivity contribution is -0.144. The first kappa shape index (κ1) is 15.6. The van der Waals surface area contributed by atoms with Crippen molar-refractivity contribution < 1.29 is 24.1 Å². The van der Waals surface area contributed by atoms with Crippen LogP contribution >= 0.6 is 0 Å². The standard InChI is InChI=1S/C13H18FNO4/c14-11-3-1-10(2-4-11)13(9-15,12(17)18)5-7-19-8-6-16/h1-4,16H,5-9,15H2,(H,17,18). The van der Waals surface area contributed by atoms with Crippen molar-refractivity contribution in [2.75, 3.05) is 26.4 Å². The Hall–Kier alpha value is -1.50. The minimum absolute atomic E-state index is 0.115. The summed E-state index contributed by atoms with van der Waals surface area (Å²) in [5.41, 5.74) is 4.75. The third-order valence-corrected chi connectivity index (χ3v) is 3.06. The molecule has 1 aromatic rings. The number of carboxylic acid groups (broad SMARTS) is 1. The number of carbonyl (C=O) groups is 1. The molecule has 0 amide bonds. The number of aliphatic carboxylic acids is 1. The SMILES string of the molecule is NCC(CCOCCO)(C(=O)O)c1ccc(F)cc1. The van der Waals surface area contributed by atoms with E-state index in [4.69, 9.17) is 15.6 Å². The van der Waals surface area contributed by atoms with Crippen LogP contribution < -0.4 is 5.73 Å². The second-order valence-corrected chi connectivity index (χ2v) is 4.18. The molecule has 0 aliphatic rings. The van der Waals surface area contributed by atoms with Crippen LogP contribution in [0.1, 0.15) is 12.0 Å². The topological polar surface area (TPSA) is 92.8 Å². The molecular formula is C13H18FNO4. The predicted octanol–water partition coefficient (Wildman–Crippen LogP) is 0.506. The molecule has 1 atom stereocenters. The molecule has 0 aliphatic heterocycles. The van der Waals surface area contributed by atoms with Crippen LogP contribution in [0.25, 0.3) is 0 Å². The van der Waals surface area contributed by atoms with E-state index in [1.807, 2.05) is 0 Å². The van der Waals surface area contributed by atoms with Gasteiger partial charge in [0.15, 0.2) is 0 Å². The Labute approximate surface area is 110 Å². The molecule has 0 bridgehead atoms. The zero-order valence-corrected chi connectivity index (χ0v) is 10.5. The molecular weight excluding hydrogens is 253 g/mol. The number of nitrogens with two attached hydrogens (primary N) is 1. The Morgan fingerprint density at radius 2 is 1.95 bits per heavy atom. The summed E-state index contributed by atoms with van der Waals surface area (Å²) in [5.74, 6) is -1.51. The smallest absolute Gasteiger partial charge is 0.315 e. The first-order valence-corrected chi connectivity index (χ1v) is 5.95. The third-order valence-electron chi connectivity index (χ3n) is 3.06. The van der Waals surface area contributed by atoms with E-state index in [-0.39, 0.29) is 32.8 Å². The van der Waals surface area contributed by atoms with E-state index >= 15 is 0 Å². The number of aliphatic hydroxyl groups excluding tert-OH is 1. The van der Waals surface area contributed by atoms with Crippen LogP contribution in [-0.4, -0.2) is 42.5 Å². The highest BCUT2D eigenvalue weighted by molar-refractivity contribution is 5.81. The van der Waals surface area contributed by atoms with Gasteiger partial charge in [-0.2, -0.15) is 0 Å². The monoisotopic (exact) mass is 271 g/mol. The van der Waals surface area contributed by atoms with Crippen molar-refractivity contribution >= 4 is 5.97 Å². The molecule has 0 aliphatic carbocycles. The number of rotatable bonds is 8. The van der Waals surface area contributed by atoms with E-state index in [1.165, 1.54) is 24.3 Å². The highest BCUT2D eigenvalue weighted by atomic mass is 19.1. The Balaban J connectivity index is 2.91. The number of carboxylic acids is 1. The Morgan fingerprint density at radius 3 is 2.42 bits per heavy atom. The van der Waals surface area contributed by atoms with Gasteiger partial charge in [0.2, 0.25) is 0 Å². The first-order valence-electron chi connectivity index (χ1n) is 5.95. The Kier molecular flexibility index (Phi) is 5.88. The molecule has 0 fully saturated rings. The van der Waals surface area contributed by atoms with E-state index in [2.05, 4.69) is 0 Å². The molecule has 0 spiro atoms. The lowest BCUT2D eigenvalue weighted by Crippen LogP contribution is -2.44. The summed E-state index contributed by atoms with van der Waals surface area (Å²) in [5, 5.41) is 18.0. The van der Waals surface area contributed by atoms with Gasteiger partial charge in [-0.3, -0.25) is 4.79 Å². The quantitative estimate of drug-likeness (QED) is 0.599. The van der Waals surface area contributed by atoms with Crippen molar-refractivity contribution in [2.24, 2.45) is 5.73 Å². The van der Waals surface area contributed by atoms with E-state index < -0.39 is 17.2 Å². The minimum Gasteiger partial charge on any atom is -0.481 e. The van der Waals surface area contributed by atoms with Crippen LogP contribution in [0.4, 0.5) is 4.39 Å². The molecule has 0 radical (unpaired) electrons. The summed E-state index contributed by atoms with van der Waals surface area (Å²) in [6, 6.07) is 5.25. The van der Waals surface area contributed by atoms with Crippen LogP contribution in [0.3, 0.4) is 0 Å². The molecule has 106 valence electrons. The number of hydrogen-bond donors (Lipinski definition) is 3. The summed E-state index contributed by atoms with van der Waals surface area (Å²) < 4.78 is 18.0. The lowest BCUT2D eigenvalue weighted by Gasteiger charge is -2.28. The molecule has 1 aromatic carbocycles. The molecule has 1 rings (SSSR count). The van der Waals surface area contributed by atoms with Crippen molar-refractivity contribution in [2.45, 2.75) is 11.8 Å². The van der Waals surface area contributed by atoms with Crippen LogP contribution in [0.15, 0.2) is 24.3 Å². The number of aliphatic hydroxyl groups is 1. The number of benzene rings is 1. The summed E-state index contributed by atoms with van der Waals surface area (Å²) in [7, 11) is 0. The second-order valence-electron chi connectivity index (χ2n) is 4.18. The van der Waals surface area contributed by atoms with Gasteiger partial charge in [0.25, 0.3) is 0 Å². The minimum atomic E-state index is -1.30. The molecule has 6 heteroatoms. The largest absolute Gasteiger partial charge is 0.481 e. The van der Waals surface area contributed by atoms with E-state index in [0.29, 0.717) is 5.56 Å². The molecule has 0 heterocycles. The fourth-order valence-electron chi connectivity index (χ4n) is 1.86. The molecule has 4 N–H and O–H groups in total. The molecule has 0 saturated heterocycles. The van der Waals surface area contributed by atoms with E-state index in [0.717, 1.165) is 0 Å². The molecule has 0 saturated carbocycles. The fourth-order valence-corrected chi connectivity index (χ4v) is 1.86. The zero-order valence-electron chi connectivity index (χ0n) is 10.5. The van der Waals surface area contributed by atoms with Gasteiger partial charge < -0.3 is 20.7 Å². The lowest BCUT2D eigenvalue weighted by atomic mass is 9.78. The van der Waals surface area contributed by atoms with Crippen LogP contribution in [-0.2, 0) is 14.9 Å². The van der Waals surface area contributed by atoms with Crippen molar-refractivity contribution in [3.8, 4) is 0 Å².